The number of Topliss-reactive ketones (excluding diaryl/α,β-unsaturated/α-hetero) is 1. The normalized spacial score (nSPS) is 14.2. The lowest BCUT2D eigenvalue weighted by molar-refractivity contribution is -0.120. The van der Waals surface area contributed by atoms with E-state index >= 15 is 0 Å². The van der Waals surface area contributed by atoms with Crippen LogP contribution >= 0.6 is 0 Å². The van der Waals surface area contributed by atoms with Gasteiger partial charge in [-0.1, -0.05) is 6.92 Å². The number of nitrogens with zero attached hydrogens (tertiary/aromatic N) is 1. The average molecular weight is 233 g/mol. The van der Waals surface area contributed by atoms with Gasteiger partial charge in [-0.25, -0.2) is 0 Å². The molecule has 4 heteroatoms. The van der Waals surface area contributed by atoms with Gasteiger partial charge in [-0.2, -0.15) is 0 Å². The van der Waals surface area contributed by atoms with Crippen LogP contribution in [0.25, 0.3) is 0 Å². The van der Waals surface area contributed by atoms with Gasteiger partial charge in [0.15, 0.2) is 12.4 Å². The van der Waals surface area contributed by atoms with E-state index in [2.05, 4.69) is 0 Å². The van der Waals surface area contributed by atoms with Crippen molar-refractivity contribution in [3.05, 3.63) is 23.8 Å². The average Bonchev–Trinajstić information content (AvgIpc) is 2.34. The maximum Gasteiger partial charge on any atom is 0.264 e. The highest BCUT2D eigenvalue weighted by Crippen LogP contribution is 2.32. The number of carbonyl (C=O) groups excluding carboxylic acids is 2. The second-order valence-electron chi connectivity index (χ2n) is 4.10. The van der Waals surface area contributed by atoms with Gasteiger partial charge >= 0.3 is 0 Å². The molecule has 0 aliphatic carbocycles. The van der Waals surface area contributed by atoms with Crippen molar-refractivity contribution in [2.45, 2.75) is 19.8 Å². The Labute approximate surface area is 100 Å². The van der Waals surface area contributed by atoms with E-state index in [1.807, 2.05) is 6.92 Å². The van der Waals surface area contributed by atoms with Gasteiger partial charge in [0.05, 0.1) is 5.69 Å². The number of benzene rings is 1. The molecule has 90 valence electrons. The Bertz CT molecular complexity index is 468. The molecule has 4 nitrogen and oxygen atoms in total. The number of fused-ring (bicyclic) bond motifs is 1. The molecule has 0 unspecified atom stereocenters. The van der Waals surface area contributed by atoms with E-state index < -0.39 is 0 Å². The fourth-order valence-electron chi connectivity index (χ4n) is 1.82. The monoisotopic (exact) mass is 233 g/mol. The number of carbonyl (C=O) groups is 2. The van der Waals surface area contributed by atoms with Crippen LogP contribution in [0.5, 0.6) is 5.75 Å². The quantitative estimate of drug-likeness (QED) is 0.750. The second kappa shape index (κ2) is 4.57. The molecule has 0 bridgehead atoms. The predicted molar refractivity (Wildman–Crippen MR) is 64.6 cm³/mol. The Morgan fingerprint density at radius 3 is 2.94 bits per heavy atom. The van der Waals surface area contributed by atoms with Crippen molar-refractivity contribution in [2.75, 3.05) is 18.6 Å². The van der Waals surface area contributed by atoms with Crippen LogP contribution in [-0.2, 0) is 4.79 Å². The van der Waals surface area contributed by atoms with Crippen molar-refractivity contribution in [3.8, 4) is 5.75 Å². The van der Waals surface area contributed by atoms with E-state index in [0.717, 1.165) is 6.42 Å². The highest BCUT2D eigenvalue weighted by molar-refractivity contribution is 6.00. The summed E-state index contributed by atoms with van der Waals surface area (Å²) < 4.78 is 5.33. The molecule has 1 aromatic rings. The van der Waals surface area contributed by atoms with Crippen molar-refractivity contribution in [2.24, 2.45) is 0 Å². The lowest BCUT2D eigenvalue weighted by atomic mass is 10.1. The molecule has 0 aromatic heterocycles. The number of hydrogen-bond donors (Lipinski definition) is 0. The summed E-state index contributed by atoms with van der Waals surface area (Å²) in [6.45, 7) is 2.01. The molecular formula is C13H15NO3. The van der Waals surface area contributed by atoms with Crippen LogP contribution < -0.4 is 9.64 Å². The van der Waals surface area contributed by atoms with Crippen molar-refractivity contribution in [1.82, 2.24) is 0 Å². The van der Waals surface area contributed by atoms with Crippen molar-refractivity contribution in [1.29, 1.82) is 0 Å². The smallest absolute Gasteiger partial charge is 0.264 e. The van der Waals surface area contributed by atoms with Crippen LogP contribution in [0.2, 0.25) is 0 Å². The first-order valence-electron chi connectivity index (χ1n) is 5.70. The molecule has 1 aliphatic heterocycles. The minimum Gasteiger partial charge on any atom is -0.482 e. The number of likely N-dealkylation sites (N-methyl/N-ethyl adjacent to an activating group) is 1. The van der Waals surface area contributed by atoms with E-state index in [-0.39, 0.29) is 18.3 Å². The fraction of sp³-hybridized carbons (Fsp3) is 0.385. The summed E-state index contributed by atoms with van der Waals surface area (Å²) in [4.78, 5) is 24.7. The summed E-state index contributed by atoms with van der Waals surface area (Å²) in [6, 6.07) is 5.22. The third-order valence-electron chi connectivity index (χ3n) is 2.85. The van der Waals surface area contributed by atoms with Gasteiger partial charge in [0.2, 0.25) is 0 Å². The lowest BCUT2D eigenvalue weighted by Gasteiger charge is -2.26. The second-order valence-corrected chi connectivity index (χ2v) is 4.10. The van der Waals surface area contributed by atoms with Crippen molar-refractivity contribution < 1.29 is 14.3 Å². The van der Waals surface area contributed by atoms with Gasteiger partial charge in [-0.05, 0) is 24.6 Å². The predicted octanol–water partition coefficient (Wildman–Crippen LogP) is 2.02. The summed E-state index contributed by atoms with van der Waals surface area (Å²) in [5.74, 6) is 0.637. The standard InChI is InChI=1S/C13H15NO3/c1-3-4-11(15)9-5-6-10-12(7-9)17-8-13(16)14(10)2/h5-7H,3-4,8H2,1-2H3. The molecule has 2 rings (SSSR count). The first-order chi connectivity index (χ1) is 8.13. The molecule has 0 atom stereocenters. The van der Waals surface area contributed by atoms with E-state index in [9.17, 15) is 9.59 Å². The highest BCUT2D eigenvalue weighted by Gasteiger charge is 2.22. The molecule has 1 heterocycles. The third kappa shape index (κ3) is 2.16. The zero-order chi connectivity index (χ0) is 12.4. The Hall–Kier alpha value is -1.84. The van der Waals surface area contributed by atoms with E-state index in [1.165, 1.54) is 0 Å². The summed E-state index contributed by atoms with van der Waals surface area (Å²) in [7, 11) is 1.71. The first kappa shape index (κ1) is 11.6. The molecule has 1 amide bonds. The molecule has 0 fully saturated rings. The van der Waals surface area contributed by atoms with Gasteiger partial charge < -0.3 is 9.64 Å². The molecule has 1 aromatic carbocycles. The molecule has 1 aliphatic rings. The molecule has 0 saturated carbocycles. The first-order valence-corrected chi connectivity index (χ1v) is 5.70. The Balaban J connectivity index is 2.32. The summed E-state index contributed by atoms with van der Waals surface area (Å²) in [5.41, 5.74) is 1.36. The number of anilines is 1. The molecule has 17 heavy (non-hydrogen) atoms. The maximum atomic E-state index is 11.7. The fourth-order valence-corrected chi connectivity index (χ4v) is 1.82. The number of ketones is 1. The van der Waals surface area contributed by atoms with Crippen LogP contribution in [0.1, 0.15) is 30.1 Å². The van der Waals surface area contributed by atoms with Crippen molar-refractivity contribution >= 4 is 17.4 Å². The molecular weight excluding hydrogens is 218 g/mol. The Kier molecular flexibility index (Phi) is 3.13. The van der Waals surface area contributed by atoms with Crippen LogP contribution in [0.3, 0.4) is 0 Å². The minimum absolute atomic E-state index is 0.0366. The number of ether oxygens (including phenoxy) is 1. The summed E-state index contributed by atoms with van der Waals surface area (Å²) >= 11 is 0. The van der Waals surface area contributed by atoms with E-state index in [0.29, 0.717) is 23.4 Å². The van der Waals surface area contributed by atoms with E-state index in [1.54, 1.807) is 30.1 Å². The topological polar surface area (TPSA) is 46.6 Å². The SMILES string of the molecule is CCCC(=O)c1ccc2c(c1)OCC(=O)N2C. The van der Waals surface area contributed by atoms with Crippen LogP contribution in [0.4, 0.5) is 5.69 Å². The van der Waals surface area contributed by atoms with Gasteiger partial charge in [0.25, 0.3) is 5.91 Å². The Morgan fingerprint density at radius 1 is 1.47 bits per heavy atom. The van der Waals surface area contributed by atoms with Gasteiger partial charge in [0, 0.05) is 19.0 Å². The number of rotatable bonds is 3. The zero-order valence-corrected chi connectivity index (χ0v) is 10.0. The summed E-state index contributed by atoms with van der Waals surface area (Å²) in [6.07, 6.45) is 1.36. The summed E-state index contributed by atoms with van der Waals surface area (Å²) in [5, 5.41) is 0. The van der Waals surface area contributed by atoms with E-state index in [4.69, 9.17) is 4.74 Å². The molecule has 0 spiro atoms. The molecule has 0 saturated heterocycles. The van der Waals surface area contributed by atoms with Gasteiger partial charge in [-0.15, -0.1) is 0 Å². The van der Waals surface area contributed by atoms with Crippen LogP contribution in [0, 0.1) is 0 Å². The van der Waals surface area contributed by atoms with Crippen molar-refractivity contribution in [3.63, 3.8) is 0 Å². The third-order valence-corrected chi connectivity index (χ3v) is 2.85. The number of hydrogen-bond acceptors (Lipinski definition) is 3. The zero-order valence-electron chi connectivity index (χ0n) is 10.0. The molecule has 0 N–H and O–H groups in total. The lowest BCUT2D eigenvalue weighted by Crippen LogP contribution is -2.35. The van der Waals surface area contributed by atoms with Crippen LogP contribution in [0.15, 0.2) is 18.2 Å². The van der Waals surface area contributed by atoms with Crippen LogP contribution in [-0.4, -0.2) is 25.3 Å². The highest BCUT2D eigenvalue weighted by atomic mass is 16.5. The maximum absolute atomic E-state index is 11.7. The molecule has 0 radical (unpaired) electrons. The Morgan fingerprint density at radius 2 is 2.24 bits per heavy atom. The van der Waals surface area contributed by atoms with Gasteiger partial charge in [-0.3, -0.25) is 9.59 Å². The largest absolute Gasteiger partial charge is 0.482 e. The number of amides is 1. The minimum atomic E-state index is -0.0786. The van der Waals surface area contributed by atoms with Gasteiger partial charge in [0.1, 0.15) is 5.75 Å².